The number of aromatic nitrogens is 2. The van der Waals surface area contributed by atoms with Gasteiger partial charge >= 0.3 is 6.03 Å². The number of hydrogen-bond acceptors (Lipinski definition) is 6. The molecule has 3 heterocycles. The number of hydrogen-bond donors (Lipinski definition) is 3. The highest BCUT2D eigenvalue weighted by molar-refractivity contribution is 6.40. The van der Waals surface area contributed by atoms with Gasteiger partial charge in [-0.3, -0.25) is 10.2 Å². The molecule has 3 aromatic rings. The number of amides is 2. The van der Waals surface area contributed by atoms with E-state index in [0.717, 1.165) is 18.8 Å². The average molecular weight is 496 g/mol. The Morgan fingerprint density at radius 2 is 1.97 bits per heavy atom. The molecule has 10 heteroatoms. The van der Waals surface area contributed by atoms with E-state index in [4.69, 9.17) is 28.9 Å². The molecule has 1 spiro atoms. The summed E-state index contributed by atoms with van der Waals surface area (Å²) in [5, 5.41) is 6.71. The van der Waals surface area contributed by atoms with E-state index >= 15 is 0 Å². The van der Waals surface area contributed by atoms with Crippen molar-refractivity contribution in [1.82, 2.24) is 14.9 Å². The van der Waals surface area contributed by atoms with E-state index in [1.807, 2.05) is 0 Å². The van der Waals surface area contributed by atoms with Gasteiger partial charge in [-0.15, -0.1) is 0 Å². The van der Waals surface area contributed by atoms with Gasteiger partial charge in [0.05, 0.1) is 21.3 Å². The molecule has 1 aromatic heterocycles. The molecule has 1 saturated carbocycles. The number of urea groups is 1. The third-order valence-electron chi connectivity index (χ3n) is 6.84. The zero-order chi connectivity index (χ0) is 23.6. The maximum absolute atomic E-state index is 12.9. The summed E-state index contributed by atoms with van der Waals surface area (Å²) in [6, 6.07) is 11.0. The second kappa shape index (κ2) is 7.81. The highest BCUT2D eigenvalue weighted by Crippen LogP contribution is 2.52. The van der Waals surface area contributed by atoms with Crippen molar-refractivity contribution in [2.24, 2.45) is 5.73 Å². The van der Waals surface area contributed by atoms with Crippen LogP contribution in [-0.2, 0) is 12.0 Å². The Balaban J connectivity index is 1.28. The molecule has 1 atom stereocenters. The van der Waals surface area contributed by atoms with Gasteiger partial charge in [0.1, 0.15) is 12.0 Å². The van der Waals surface area contributed by atoms with E-state index < -0.39 is 12.2 Å². The lowest BCUT2D eigenvalue weighted by Crippen LogP contribution is -2.47. The Morgan fingerprint density at radius 1 is 1.21 bits per heavy atom. The van der Waals surface area contributed by atoms with Crippen LogP contribution in [0.4, 0.5) is 27.9 Å². The van der Waals surface area contributed by atoms with E-state index in [9.17, 15) is 4.79 Å². The summed E-state index contributed by atoms with van der Waals surface area (Å²) in [5.74, 6) is 0.727. The van der Waals surface area contributed by atoms with Crippen molar-refractivity contribution < 1.29 is 4.79 Å². The van der Waals surface area contributed by atoms with Crippen LogP contribution in [0.25, 0.3) is 0 Å². The van der Waals surface area contributed by atoms with Gasteiger partial charge in [-0.2, -0.15) is 4.98 Å². The van der Waals surface area contributed by atoms with Crippen LogP contribution in [0.15, 0.2) is 42.6 Å². The van der Waals surface area contributed by atoms with E-state index in [0.29, 0.717) is 38.5 Å². The summed E-state index contributed by atoms with van der Waals surface area (Å²) in [7, 11) is 2.17. The zero-order valence-electron chi connectivity index (χ0n) is 18.5. The molecule has 2 amide bonds. The molecule has 0 bridgehead atoms. The van der Waals surface area contributed by atoms with Crippen LogP contribution in [0, 0.1) is 0 Å². The van der Waals surface area contributed by atoms with Crippen LogP contribution in [0.1, 0.15) is 35.7 Å². The molecule has 4 N–H and O–H groups in total. The van der Waals surface area contributed by atoms with Crippen molar-refractivity contribution in [3.05, 3.63) is 69.3 Å². The normalized spacial score (nSPS) is 20.5. The highest BCUT2D eigenvalue weighted by Gasteiger charge is 2.48. The third kappa shape index (κ3) is 3.49. The minimum absolute atomic E-state index is 0.326. The molecule has 34 heavy (non-hydrogen) atoms. The van der Waals surface area contributed by atoms with Gasteiger partial charge in [0.25, 0.3) is 0 Å². The highest BCUT2D eigenvalue weighted by atomic mass is 35.5. The molecule has 174 valence electrons. The number of nitrogens with zero attached hydrogens (tertiary/aromatic N) is 4. The zero-order valence-corrected chi connectivity index (χ0v) is 20.0. The van der Waals surface area contributed by atoms with Crippen molar-refractivity contribution in [1.29, 1.82) is 0 Å². The quantitative estimate of drug-likeness (QED) is 0.471. The molecule has 0 radical (unpaired) electrons. The van der Waals surface area contributed by atoms with Crippen LogP contribution >= 0.6 is 23.2 Å². The van der Waals surface area contributed by atoms with Crippen molar-refractivity contribution in [2.75, 3.05) is 29.1 Å². The van der Waals surface area contributed by atoms with Crippen molar-refractivity contribution in [2.45, 2.75) is 31.0 Å². The number of anilines is 4. The first kappa shape index (κ1) is 21.6. The monoisotopic (exact) mass is 495 g/mol. The Bertz CT molecular complexity index is 1310. The van der Waals surface area contributed by atoms with E-state index in [1.54, 1.807) is 24.4 Å². The first-order chi connectivity index (χ1) is 16.3. The fraction of sp³-hybridized carbons (Fsp3) is 0.292. The van der Waals surface area contributed by atoms with Gasteiger partial charge in [-0.05, 0) is 55.3 Å². The third-order valence-corrected chi connectivity index (χ3v) is 7.45. The molecule has 8 nitrogen and oxygen atoms in total. The number of likely N-dealkylation sites (N-methyl/N-ethyl adjacent to an activating group) is 1. The molecule has 2 aliphatic heterocycles. The van der Waals surface area contributed by atoms with Crippen LogP contribution in [-0.4, -0.2) is 34.5 Å². The van der Waals surface area contributed by atoms with Crippen LogP contribution in [0.3, 0.4) is 0 Å². The summed E-state index contributed by atoms with van der Waals surface area (Å²) in [5.41, 5.74) is 11.3. The predicted molar refractivity (Wildman–Crippen MR) is 134 cm³/mol. The summed E-state index contributed by atoms with van der Waals surface area (Å²) in [6.45, 7) is 2.04. The molecule has 3 aliphatic rings. The number of fused-ring (bicyclic) bond motifs is 3. The molecule has 1 aliphatic carbocycles. The number of halogens is 2. The number of nitrogens with one attached hydrogen (secondary N) is 2. The molecule has 1 unspecified atom stereocenters. The molecule has 0 saturated heterocycles. The Labute approximate surface area is 207 Å². The summed E-state index contributed by atoms with van der Waals surface area (Å²) >= 11 is 12.6. The van der Waals surface area contributed by atoms with Gasteiger partial charge in [-0.1, -0.05) is 35.3 Å². The number of para-hydroxylation sites is 1. The molecular weight excluding hydrogens is 473 g/mol. The Kier molecular flexibility index (Phi) is 4.97. The number of carbonyl (C=O) groups is 1. The second-order valence-corrected chi connectivity index (χ2v) is 10.1. The first-order valence-electron chi connectivity index (χ1n) is 11.1. The van der Waals surface area contributed by atoms with E-state index in [-0.39, 0.29) is 0 Å². The Morgan fingerprint density at radius 3 is 2.71 bits per heavy atom. The average Bonchev–Trinajstić information content (AvgIpc) is 3.54. The minimum Gasteiger partial charge on any atom is -0.324 e. The molecule has 2 aromatic carbocycles. The fourth-order valence-corrected chi connectivity index (χ4v) is 5.71. The lowest BCUT2D eigenvalue weighted by molar-refractivity contribution is 0.254. The lowest BCUT2D eigenvalue weighted by atomic mass is 9.87. The Hall–Kier alpha value is -2.91. The van der Waals surface area contributed by atoms with Crippen molar-refractivity contribution in [3.8, 4) is 0 Å². The summed E-state index contributed by atoms with van der Waals surface area (Å²) in [4.78, 5) is 25.6. The standard InChI is InChI=1S/C24H23Cl2N7O/c1-32-11-13-9-14(5-6-16(13)24(12-32)7-8-24)29-22-28-10-15-20(27)33(23(34)31-21(15)30-22)19-17(25)3-2-4-18(19)26/h2-6,9-10,20H,7-8,11-12,27H2,1H3,(H2,28,29,30,31,34). The first-order valence-corrected chi connectivity index (χ1v) is 11.9. The molecule has 1 fully saturated rings. The maximum atomic E-state index is 12.9. The number of carbonyl (C=O) groups excluding carboxylic acids is 1. The largest absolute Gasteiger partial charge is 0.329 e. The maximum Gasteiger partial charge on any atom is 0.329 e. The van der Waals surface area contributed by atoms with Crippen LogP contribution in [0.2, 0.25) is 10.0 Å². The summed E-state index contributed by atoms with van der Waals surface area (Å²) < 4.78 is 0. The van der Waals surface area contributed by atoms with Gasteiger partial charge in [0.2, 0.25) is 5.95 Å². The van der Waals surface area contributed by atoms with Gasteiger partial charge < -0.3 is 16.0 Å². The smallest absolute Gasteiger partial charge is 0.324 e. The number of nitrogens with two attached hydrogens (primary N) is 1. The molecule has 6 rings (SSSR count). The van der Waals surface area contributed by atoms with Gasteiger partial charge in [0.15, 0.2) is 0 Å². The minimum atomic E-state index is -0.843. The fourth-order valence-electron chi connectivity index (χ4n) is 5.13. The van der Waals surface area contributed by atoms with Gasteiger partial charge in [-0.25, -0.2) is 9.78 Å². The lowest BCUT2D eigenvalue weighted by Gasteiger charge is -2.35. The van der Waals surface area contributed by atoms with E-state index in [2.05, 4.69) is 50.7 Å². The second-order valence-electron chi connectivity index (χ2n) is 9.26. The van der Waals surface area contributed by atoms with Crippen LogP contribution in [0.5, 0.6) is 0 Å². The SMILES string of the molecule is CN1Cc2cc(Nc3ncc4c(n3)NC(=O)N(c3c(Cl)cccc3Cl)C4N)ccc2C2(CC2)C1. The van der Waals surface area contributed by atoms with Crippen molar-refractivity contribution >= 4 is 52.4 Å². The van der Waals surface area contributed by atoms with Crippen molar-refractivity contribution in [3.63, 3.8) is 0 Å². The van der Waals surface area contributed by atoms with E-state index in [1.165, 1.54) is 28.9 Å². The number of benzene rings is 2. The van der Waals surface area contributed by atoms with Crippen LogP contribution < -0.4 is 21.3 Å². The molecular formula is C24H23Cl2N7O. The number of rotatable bonds is 3. The topological polar surface area (TPSA) is 99.4 Å². The predicted octanol–water partition coefficient (Wildman–Crippen LogP) is 5.01. The summed E-state index contributed by atoms with van der Waals surface area (Å²) in [6.07, 6.45) is 3.27. The van der Waals surface area contributed by atoms with Gasteiger partial charge in [0, 0.05) is 30.4 Å².